The fourth-order valence-corrected chi connectivity index (χ4v) is 7.53. The topological polar surface area (TPSA) is 53.7 Å². The van der Waals surface area contributed by atoms with Crippen LogP contribution in [-0.2, 0) is 0 Å². The van der Waals surface area contributed by atoms with Crippen LogP contribution in [-0.4, -0.2) is 22.4 Å². The zero-order valence-corrected chi connectivity index (χ0v) is 24.5. The third kappa shape index (κ3) is 4.07. The van der Waals surface area contributed by atoms with Gasteiger partial charge in [-0.1, -0.05) is 103 Å². The molecule has 0 aliphatic carbocycles. The molecule has 0 saturated carbocycles. The molecular formula is C38H27N5S. The maximum absolute atomic E-state index is 5.05. The number of benzene rings is 5. The number of aromatic nitrogens is 1. The van der Waals surface area contributed by atoms with Gasteiger partial charge in [-0.2, -0.15) is 0 Å². The molecule has 2 N–H and O–H groups in total. The molecule has 5 aromatic carbocycles. The highest BCUT2D eigenvalue weighted by Gasteiger charge is 2.25. The number of dihydropyridines is 1. The third-order valence-corrected chi connectivity index (χ3v) is 9.65. The van der Waals surface area contributed by atoms with E-state index in [1.54, 1.807) is 0 Å². The smallest absolute Gasteiger partial charge is 0.159 e. The number of thiophene rings is 1. The molecule has 0 fully saturated rings. The van der Waals surface area contributed by atoms with Crippen LogP contribution in [0.4, 0.5) is 0 Å². The summed E-state index contributed by atoms with van der Waals surface area (Å²) in [5.74, 6) is 1.54. The monoisotopic (exact) mass is 585 g/mol. The second-order valence-electron chi connectivity index (χ2n) is 11.2. The van der Waals surface area contributed by atoms with E-state index in [0.29, 0.717) is 0 Å². The summed E-state index contributed by atoms with van der Waals surface area (Å²) in [6.45, 7) is 0. The van der Waals surface area contributed by atoms with Crippen molar-refractivity contribution in [3.63, 3.8) is 0 Å². The first-order valence-corrected chi connectivity index (χ1v) is 15.6. The largest absolute Gasteiger partial charge is 0.367 e. The van der Waals surface area contributed by atoms with Crippen molar-refractivity contribution >= 4 is 65.0 Å². The minimum atomic E-state index is -0.279. The lowest BCUT2D eigenvalue weighted by molar-refractivity contribution is 0.565. The maximum Gasteiger partial charge on any atom is 0.159 e. The van der Waals surface area contributed by atoms with Gasteiger partial charge < -0.3 is 15.2 Å². The Kier molecular flexibility index (Phi) is 5.74. The quantitative estimate of drug-likeness (QED) is 0.218. The van der Waals surface area contributed by atoms with Crippen LogP contribution in [0, 0.1) is 0 Å². The zero-order valence-electron chi connectivity index (χ0n) is 23.7. The fourth-order valence-electron chi connectivity index (χ4n) is 6.41. The first kappa shape index (κ1) is 25.1. The summed E-state index contributed by atoms with van der Waals surface area (Å²) in [6.07, 6.45) is 6.21. The van der Waals surface area contributed by atoms with Crippen molar-refractivity contribution in [3.8, 4) is 0 Å². The Bertz CT molecular complexity index is 2340. The van der Waals surface area contributed by atoms with Gasteiger partial charge in [-0.25, -0.2) is 9.98 Å². The third-order valence-electron chi connectivity index (χ3n) is 8.52. The standard InChI is InChI=1S/C38H27N5S/c1-3-11-24(12-4-1)36-40-37(25-13-5-2-6-14-25)42-38(41-36)26-19-20-35(39-23-26)43-31-17-9-7-15-27(31)29-21-30-28-16-8-10-18-33(28)44-34(30)22-32(29)43/h1-23,35,38-39H,(H,40,41,42). The van der Waals surface area contributed by atoms with Crippen molar-refractivity contribution in [2.75, 3.05) is 0 Å². The highest BCUT2D eigenvalue weighted by molar-refractivity contribution is 7.25. The van der Waals surface area contributed by atoms with Crippen LogP contribution < -0.4 is 10.6 Å². The Labute approximate surface area is 258 Å². The summed E-state index contributed by atoms with van der Waals surface area (Å²) in [7, 11) is 0. The van der Waals surface area contributed by atoms with Crippen LogP contribution in [0.2, 0.25) is 0 Å². The number of fused-ring (bicyclic) bond motifs is 6. The molecule has 0 radical (unpaired) electrons. The van der Waals surface area contributed by atoms with E-state index in [0.717, 1.165) is 28.4 Å². The van der Waals surface area contributed by atoms with Gasteiger partial charge in [0.05, 0.1) is 11.0 Å². The lowest BCUT2D eigenvalue weighted by atomic mass is 10.1. The number of hydrogen-bond donors (Lipinski definition) is 2. The van der Waals surface area contributed by atoms with Gasteiger partial charge in [0.1, 0.15) is 18.2 Å². The van der Waals surface area contributed by atoms with Gasteiger partial charge in [-0.15, -0.1) is 11.3 Å². The molecule has 6 heteroatoms. The van der Waals surface area contributed by atoms with Gasteiger partial charge in [0.2, 0.25) is 0 Å². The summed E-state index contributed by atoms with van der Waals surface area (Å²) in [5, 5.41) is 12.5. The number of hydrogen-bond acceptors (Lipinski definition) is 5. The molecule has 9 rings (SSSR count). The highest BCUT2D eigenvalue weighted by Crippen LogP contribution is 2.40. The second kappa shape index (κ2) is 10.1. The number of rotatable bonds is 4. The number of para-hydroxylation sites is 1. The zero-order chi connectivity index (χ0) is 29.0. The van der Waals surface area contributed by atoms with E-state index in [1.807, 2.05) is 47.7 Å². The highest BCUT2D eigenvalue weighted by atomic mass is 32.1. The van der Waals surface area contributed by atoms with Crippen molar-refractivity contribution in [3.05, 3.63) is 156 Å². The van der Waals surface area contributed by atoms with Gasteiger partial charge in [-0.05, 0) is 30.3 Å². The Hall–Kier alpha value is -5.46. The van der Waals surface area contributed by atoms with E-state index in [-0.39, 0.29) is 12.3 Å². The molecule has 2 unspecified atom stereocenters. The summed E-state index contributed by atoms with van der Waals surface area (Å²) in [6, 6.07) is 42.6. The predicted molar refractivity (Wildman–Crippen MR) is 185 cm³/mol. The Morgan fingerprint density at radius 3 is 2.16 bits per heavy atom. The molecule has 5 nitrogen and oxygen atoms in total. The molecule has 7 aromatic rings. The van der Waals surface area contributed by atoms with Gasteiger partial charge >= 0.3 is 0 Å². The Morgan fingerprint density at radius 2 is 1.36 bits per heavy atom. The average molecular weight is 586 g/mol. The Balaban J connectivity index is 1.11. The van der Waals surface area contributed by atoms with Gasteiger partial charge in [0.15, 0.2) is 5.84 Å². The van der Waals surface area contributed by atoms with Crippen LogP contribution in [0.5, 0.6) is 0 Å². The van der Waals surface area contributed by atoms with E-state index in [2.05, 4.69) is 118 Å². The number of amidine groups is 2. The first-order chi connectivity index (χ1) is 21.8. The predicted octanol–water partition coefficient (Wildman–Crippen LogP) is 8.53. The van der Waals surface area contributed by atoms with Gasteiger partial charge in [0.25, 0.3) is 0 Å². The minimum absolute atomic E-state index is 0.0450. The molecule has 2 aliphatic heterocycles. The molecule has 2 aliphatic rings. The Morgan fingerprint density at radius 1 is 0.636 bits per heavy atom. The molecule has 4 heterocycles. The molecule has 2 atom stereocenters. The van der Waals surface area contributed by atoms with Crippen LogP contribution in [0.3, 0.4) is 0 Å². The summed E-state index contributed by atoms with van der Waals surface area (Å²) in [5.41, 5.74) is 5.51. The molecule has 44 heavy (non-hydrogen) atoms. The lowest BCUT2D eigenvalue weighted by Gasteiger charge is -2.28. The van der Waals surface area contributed by atoms with E-state index in [9.17, 15) is 0 Å². The van der Waals surface area contributed by atoms with Crippen molar-refractivity contribution < 1.29 is 0 Å². The SMILES string of the molecule is C1=CC(n2c3ccccc3c3cc4c(cc32)sc2ccccc24)NC=C1C1N=C(c2ccccc2)N=C(c2ccccc2)N1. The number of aliphatic imine (C=N–C) groups is 2. The summed E-state index contributed by atoms with van der Waals surface area (Å²) >= 11 is 1.86. The molecule has 2 aromatic heterocycles. The van der Waals surface area contributed by atoms with E-state index < -0.39 is 0 Å². The van der Waals surface area contributed by atoms with Crippen molar-refractivity contribution in [1.82, 2.24) is 15.2 Å². The lowest BCUT2D eigenvalue weighted by Crippen LogP contribution is -2.41. The normalized spacial score (nSPS) is 18.2. The minimum Gasteiger partial charge on any atom is -0.367 e. The van der Waals surface area contributed by atoms with Crippen molar-refractivity contribution in [2.24, 2.45) is 9.98 Å². The summed E-state index contributed by atoms with van der Waals surface area (Å²) < 4.78 is 5.05. The van der Waals surface area contributed by atoms with Crippen LogP contribution in [0.25, 0.3) is 42.0 Å². The average Bonchev–Trinajstić information content (AvgIpc) is 3.62. The fraction of sp³-hybridized carbons (Fsp3) is 0.0526. The van der Waals surface area contributed by atoms with E-state index >= 15 is 0 Å². The summed E-state index contributed by atoms with van der Waals surface area (Å²) in [4.78, 5) is 9.96. The molecule has 0 spiro atoms. The van der Waals surface area contributed by atoms with Crippen molar-refractivity contribution in [2.45, 2.75) is 12.3 Å². The molecular weight excluding hydrogens is 559 g/mol. The van der Waals surface area contributed by atoms with Crippen LogP contribution >= 0.6 is 11.3 Å². The van der Waals surface area contributed by atoms with Gasteiger partial charge in [-0.3, -0.25) is 0 Å². The molecule has 0 bridgehead atoms. The van der Waals surface area contributed by atoms with E-state index in [4.69, 9.17) is 9.98 Å². The van der Waals surface area contributed by atoms with Crippen LogP contribution in [0.1, 0.15) is 17.3 Å². The van der Waals surface area contributed by atoms with E-state index in [1.165, 1.54) is 42.0 Å². The van der Waals surface area contributed by atoms with Gasteiger partial charge in [0, 0.05) is 53.8 Å². The molecule has 210 valence electrons. The maximum atomic E-state index is 5.05. The number of nitrogens with one attached hydrogen (secondary N) is 2. The molecule has 0 saturated heterocycles. The molecule has 0 amide bonds. The first-order valence-electron chi connectivity index (χ1n) is 14.8. The number of nitrogens with zero attached hydrogens (tertiary/aromatic N) is 3. The van der Waals surface area contributed by atoms with Crippen LogP contribution in [0.15, 0.2) is 155 Å². The van der Waals surface area contributed by atoms with Crippen molar-refractivity contribution in [1.29, 1.82) is 0 Å². The second-order valence-corrected chi connectivity index (χ2v) is 12.2.